The highest BCUT2D eigenvalue weighted by molar-refractivity contribution is 4.86. The van der Waals surface area contributed by atoms with Crippen LogP contribution in [0.2, 0.25) is 0 Å². The van der Waals surface area contributed by atoms with E-state index in [2.05, 4.69) is 6.92 Å². The van der Waals surface area contributed by atoms with E-state index >= 15 is 0 Å². The molecule has 1 fully saturated rings. The number of hydrogen-bond donors (Lipinski definition) is 1. The Morgan fingerprint density at radius 1 is 1.38 bits per heavy atom. The normalized spacial score (nSPS) is 31.3. The molecule has 1 aliphatic carbocycles. The molecule has 0 bridgehead atoms. The first-order chi connectivity index (χ1) is 7.58. The smallest absolute Gasteiger partial charge is 0.251 e. The van der Waals surface area contributed by atoms with Gasteiger partial charge in [-0.1, -0.05) is 19.8 Å². The minimum atomic E-state index is -2.24. The summed E-state index contributed by atoms with van der Waals surface area (Å²) in [7, 11) is 1.80. The van der Waals surface area contributed by atoms with Crippen molar-refractivity contribution in [2.75, 3.05) is 20.1 Å². The van der Waals surface area contributed by atoms with Crippen LogP contribution >= 0.6 is 0 Å². The molecule has 2 N–H and O–H groups in total. The van der Waals surface area contributed by atoms with E-state index in [1.54, 1.807) is 7.05 Å². The fourth-order valence-electron chi connectivity index (χ4n) is 2.83. The first-order valence-electron chi connectivity index (χ1n) is 6.26. The van der Waals surface area contributed by atoms with Crippen LogP contribution in [-0.2, 0) is 0 Å². The van der Waals surface area contributed by atoms with Crippen molar-refractivity contribution in [3.63, 3.8) is 0 Å². The Morgan fingerprint density at radius 3 is 2.56 bits per heavy atom. The summed E-state index contributed by atoms with van der Waals surface area (Å²) in [5.41, 5.74) is 5.73. The summed E-state index contributed by atoms with van der Waals surface area (Å²) in [5.74, 6) is 1.08. The molecule has 2 nitrogen and oxygen atoms in total. The van der Waals surface area contributed by atoms with Crippen molar-refractivity contribution in [1.82, 2.24) is 4.90 Å². The van der Waals surface area contributed by atoms with Crippen molar-refractivity contribution in [2.45, 2.75) is 45.1 Å². The highest BCUT2D eigenvalue weighted by atomic mass is 19.3. The third-order valence-corrected chi connectivity index (χ3v) is 3.94. The molecule has 1 rings (SSSR count). The number of rotatable bonds is 5. The molecule has 0 heterocycles. The zero-order chi connectivity index (χ0) is 12.1. The summed E-state index contributed by atoms with van der Waals surface area (Å²) < 4.78 is 24.8. The lowest BCUT2D eigenvalue weighted by Gasteiger charge is -2.40. The molecule has 1 saturated carbocycles. The van der Waals surface area contributed by atoms with Gasteiger partial charge < -0.3 is 5.73 Å². The molecule has 0 amide bonds. The summed E-state index contributed by atoms with van der Waals surface area (Å²) in [6.07, 6.45) is 2.23. The highest BCUT2D eigenvalue weighted by Gasteiger charge is 2.32. The van der Waals surface area contributed by atoms with Crippen LogP contribution in [0.1, 0.15) is 32.6 Å². The molecule has 0 aromatic rings. The van der Waals surface area contributed by atoms with Crippen LogP contribution in [0.25, 0.3) is 0 Å². The summed E-state index contributed by atoms with van der Waals surface area (Å²) in [5, 5.41) is 0. The fraction of sp³-hybridized carbons (Fsp3) is 1.00. The molecule has 96 valence electrons. The number of nitrogens with zero attached hydrogens (tertiary/aromatic N) is 1. The quantitative estimate of drug-likeness (QED) is 0.791. The van der Waals surface area contributed by atoms with Gasteiger partial charge in [0.1, 0.15) is 0 Å². The van der Waals surface area contributed by atoms with Gasteiger partial charge in [-0.15, -0.1) is 0 Å². The van der Waals surface area contributed by atoms with Crippen molar-refractivity contribution in [3.8, 4) is 0 Å². The zero-order valence-electron chi connectivity index (χ0n) is 10.3. The van der Waals surface area contributed by atoms with E-state index in [0.29, 0.717) is 18.4 Å². The third-order valence-electron chi connectivity index (χ3n) is 3.94. The molecule has 3 atom stereocenters. The average Bonchev–Trinajstić information content (AvgIpc) is 2.27. The maximum absolute atomic E-state index is 12.4. The number of nitrogens with two attached hydrogens (primary N) is 1. The second-order valence-corrected chi connectivity index (χ2v) is 4.98. The molecule has 3 unspecified atom stereocenters. The topological polar surface area (TPSA) is 29.3 Å². The highest BCUT2D eigenvalue weighted by Crippen LogP contribution is 2.33. The molecule has 0 aromatic heterocycles. The van der Waals surface area contributed by atoms with Gasteiger partial charge in [0, 0.05) is 6.04 Å². The third kappa shape index (κ3) is 3.67. The van der Waals surface area contributed by atoms with Crippen LogP contribution in [-0.4, -0.2) is 37.5 Å². The molecule has 1 aliphatic rings. The molecule has 0 saturated heterocycles. The Bertz CT molecular complexity index is 199. The first-order valence-corrected chi connectivity index (χ1v) is 6.26. The SMILES string of the molecule is CCC1CCC(CN)C(N(C)CC(F)F)C1. The van der Waals surface area contributed by atoms with Crippen molar-refractivity contribution in [1.29, 1.82) is 0 Å². The minimum absolute atomic E-state index is 0.127. The fourth-order valence-corrected chi connectivity index (χ4v) is 2.83. The summed E-state index contributed by atoms with van der Waals surface area (Å²) in [6, 6.07) is 0.248. The lowest BCUT2D eigenvalue weighted by atomic mass is 9.76. The van der Waals surface area contributed by atoms with Gasteiger partial charge in [0.25, 0.3) is 6.43 Å². The van der Waals surface area contributed by atoms with Crippen LogP contribution in [0.4, 0.5) is 8.78 Å². The van der Waals surface area contributed by atoms with E-state index in [4.69, 9.17) is 5.73 Å². The molecule has 16 heavy (non-hydrogen) atoms. The second-order valence-electron chi connectivity index (χ2n) is 4.98. The van der Waals surface area contributed by atoms with E-state index in [1.807, 2.05) is 4.90 Å². The maximum Gasteiger partial charge on any atom is 0.251 e. The predicted octanol–water partition coefficient (Wildman–Crippen LogP) is 2.34. The van der Waals surface area contributed by atoms with Crippen molar-refractivity contribution in [3.05, 3.63) is 0 Å². The summed E-state index contributed by atoms with van der Waals surface area (Å²) in [4.78, 5) is 1.81. The molecular formula is C12H24F2N2. The van der Waals surface area contributed by atoms with Crippen molar-refractivity contribution < 1.29 is 8.78 Å². The lowest BCUT2D eigenvalue weighted by Crippen LogP contribution is -2.46. The van der Waals surface area contributed by atoms with Gasteiger partial charge in [-0.25, -0.2) is 8.78 Å². The Labute approximate surface area is 97.2 Å². The van der Waals surface area contributed by atoms with Crippen LogP contribution in [0.15, 0.2) is 0 Å². The van der Waals surface area contributed by atoms with E-state index in [9.17, 15) is 8.78 Å². The largest absolute Gasteiger partial charge is 0.330 e. The Hall–Kier alpha value is -0.220. The summed E-state index contributed by atoms with van der Waals surface area (Å²) >= 11 is 0. The van der Waals surface area contributed by atoms with Gasteiger partial charge in [-0.2, -0.15) is 0 Å². The molecule has 0 aromatic carbocycles. The number of halogens is 2. The summed E-state index contributed by atoms with van der Waals surface area (Å²) in [6.45, 7) is 2.67. The number of alkyl halides is 2. The average molecular weight is 234 g/mol. The van der Waals surface area contributed by atoms with Crippen LogP contribution in [0, 0.1) is 11.8 Å². The van der Waals surface area contributed by atoms with Crippen LogP contribution in [0.5, 0.6) is 0 Å². The molecule has 0 spiro atoms. The Kier molecular flexibility index (Phi) is 5.62. The van der Waals surface area contributed by atoms with Gasteiger partial charge in [0.2, 0.25) is 0 Å². The predicted molar refractivity (Wildman–Crippen MR) is 62.6 cm³/mol. The standard InChI is InChI=1S/C12H24F2N2/c1-3-9-4-5-10(7-15)11(6-9)16(2)8-12(13)14/h9-12H,3-8,15H2,1-2H3. The lowest BCUT2D eigenvalue weighted by molar-refractivity contribution is 0.0401. The minimum Gasteiger partial charge on any atom is -0.330 e. The van der Waals surface area contributed by atoms with Crippen LogP contribution in [0.3, 0.4) is 0 Å². The molecular weight excluding hydrogens is 210 g/mol. The Morgan fingerprint density at radius 2 is 2.06 bits per heavy atom. The Balaban J connectivity index is 2.56. The van der Waals surface area contributed by atoms with E-state index in [-0.39, 0.29) is 12.6 Å². The van der Waals surface area contributed by atoms with E-state index in [0.717, 1.165) is 19.3 Å². The van der Waals surface area contributed by atoms with Crippen molar-refractivity contribution >= 4 is 0 Å². The number of hydrogen-bond acceptors (Lipinski definition) is 2. The first kappa shape index (κ1) is 13.8. The van der Waals surface area contributed by atoms with Gasteiger partial charge in [0.05, 0.1) is 6.54 Å². The molecule has 0 aliphatic heterocycles. The van der Waals surface area contributed by atoms with Gasteiger partial charge in [0.15, 0.2) is 0 Å². The molecule has 0 radical (unpaired) electrons. The van der Waals surface area contributed by atoms with Gasteiger partial charge >= 0.3 is 0 Å². The van der Waals surface area contributed by atoms with Crippen LogP contribution < -0.4 is 5.73 Å². The second kappa shape index (κ2) is 6.50. The maximum atomic E-state index is 12.4. The molecule has 4 heteroatoms. The zero-order valence-corrected chi connectivity index (χ0v) is 10.3. The van der Waals surface area contributed by atoms with Gasteiger partial charge in [-0.3, -0.25) is 4.90 Å². The van der Waals surface area contributed by atoms with E-state index in [1.165, 1.54) is 6.42 Å². The van der Waals surface area contributed by atoms with Gasteiger partial charge in [-0.05, 0) is 38.3 Å². The van der Waals surface area contributed by atoms with Crippen molar-refractivity contribution in [2.24, 2.45) is 17.6 Å². The monoisotopic (exact) mass is 234 g/mol. The van der Waals surface area contributed by atoms with E-state index < -0.39 is 6.43 Å².